The molecule has 1 aromatic heterocycles. The SMILES string of the molecule is O=C(Nc1ccccc1CN1CCOCC1)c1nn(-c2ccc(F)cc2)c2c1CCC2. The smallest absolute Gasteiger partial charge is 0.276 e. The number of carbonyl (C=O) groups is 1. The predicted octanol–water partition coefficient (Wildman–Crippen LogP) is 3.58. The van der Waals surface area contributed by atoms with Crippen molar-refractivity contribution in [3.63, 3.8) is 0 Å². The standard InChI is InChI=1S/C24H25FN4O2/c25-18-8-10-19(11-9-18)29-22-7-3-5-20(22)23(27-29)24(30)26-21-6-2-1-4-17(21)16-28-12-14-31-15-13-28/h1-2,4,6,8-11H,3,5,7,12-16H2,(H,26,30). The van der Waals surface area contributed by atoms with Crippen molar-refractivity contribution in [2.75, 3.05) is 31.6 Å². The van der Waals surface area contributed by atoms with E-state index in [0.717, 1.165) is 80.3 Å². The third kappa shape index (κ3) is 4.11. The van der Waals surface area contributed by atoms with Gasteiger partial charge in [-0.15, -0.1) is 0 Å². The maximum absolute atomic E-state index is 13.4. The van der Waals surface area contributed by atoms with Crippen molar-refractivity contribution in [2.45, 2.75) is 25.8 Å². The molecule has 160 valence electrons. The summed E-state index contributed by atoms with van der Waals surface area (Å²) in [5.74, 6) is -0.490. The van der Waals surface area contributed by atoms with Gasteiger partial charge in [0.1, 0.15) is 5.82 Å². The van der Waals surface area contributed by atoms with Crippen LogP contribution in [0, 0.1) is 5.82 Å². The van der Waals surface area contributed by atoms with Crippen molar-refractivity contribution in [1.29, 1.82) is 0 Å². The molecule has 1 aliphatic heterocycles. The third-order valence-corrected chi connectivity index (χ3v) is 5.98. The summed E-state index contributed by atoms with van der Waals surface area (Å²) in [4.78, 5) is 15.6. The molecular formula is C24H25FN4O2. The van der Waals surface area contributed by atoms with Crippen LogP contribution in [0.3, 0.4) is 0 Å². The van der Waals surface area contributed by atoms with Gasteiger partial charge in [0.15, 0.2) is 5.69 Å². The molecule has 1 fully saturated rings. The molecule has 0 spiro atoms. The van der Waals surface area contributed by atoms with Crippen LogP contribution >= 0.6 is 0 Å². The van der Waals surface area contributed by atoms with E-state index in [1.54, 1.807) is 16.8 Å². The number of para-hydroxylation sites is 1. The molecule has 5 rings (SSSR count). The second-order valence-electron chi connectivity index (χ2n) is 8.02. The van der Waals surface area contributed by atoms with Gasteiger partial charge in [-0.1, -0.05) is 18.2 Å². The van der Waals surface area contributed by atoms with Crippen LogP contribution in [0.25, 0.3) is 5.69 Å². The summed E-state index contributed by atoms with van der Waals surface area (Å²) in [5, 5.41) is 7.72. The molecular weight excluding hydrogens is 395 g/mol. The number of nitrogens with zero attached hydrogens (tertiary/aromatic N) is 3. The van der Waals surface area contributed by atoms with Crippen molar-refractivity contribution >= 4 is 11.6 Å². The molecule has 2 heterocycles. The highest BCUT2D eigenvalue weighted by molar-refractivity contribution is 6.04. The van der Waals surface area contributed by atoms with E-state index >= 15 is 0 Å². The number of rotatable bonds is 5. The van der Waals surface area contributed by atoms with Crippen LogP contribution in [0.1, 0.15) is 33.7 Å². The highest BCUT2D eigenvalue weighted by Crippen LogP contribution is 2.29. The normalized spacial score (nSPS) is 16.3. The number of morpholine rings is 1. The van der Waals surface area contributed by atoms with Gasteiger partial charge in [0.2, 0.25) is 0 Å². The van der Waals surface area contributed by atoms with Crippen LogP contribution in [0.4, 0.5) is 10.1 Å². The third-order valence-electron chi connectivity index (χ3n) is 5.98. The number of benzene rings is 2. The van der Waals surface area contributed by atoms with Crippen molar-refractivity contribution in [3.05, 3.63) is 76.9 Å². The summed E-state index contributed by atoms with van der Waals surface area (Å²) in [6, 6.07) is 14.1. The lowest BCUT2D eigenvalue weighted by atomic mass is 10.1. The maximum Gasteiger partial charge on any atom is 0.276 e. The Morgan fingerprint density at radius 3 is 2.65 bits per heavy atom. The molecule has 2 aromatic carbocycles. The summed E-state index contributed by atoms with van der Waals surface area (Å²) < 4.78 is 20.6. The number of aromatic nitrogens is 2. The van der Waals surface area contributed by atoms with Crippen molar-refractivity contribution in [2.24, 2.45) is 0 Å². The van der Waals surface area contributed by atoms with Gasteiger partial charge in [-0.05, 0) is 55.2 Å². The van der Waals surface area contributed by atoms with E-state index < -0.39 is 0 Å². The zero-order valence-electron chi connectivity index (χ0n) is 17.3. The van der Waals surface area contributed by atoms with Crippen molar-refractivity contribution in [1.82, 2.24) is 14.7 Å². The zero-order chi connectivity index (χ0) is 21.2. The Morgan fingerprint density at radius 1 is 1.06 bits per heavy atom. The molecule has 2 aliphatic rings. The van der Waals surface area contributed by atoms with Gasteiger partial charge in [-0.2, -0.15) is 5.10 Å². The Kier molecular flexibility index (Phi) is 5.53. The van der Waals surface area contributed by atoms with Crippen molar-refractivity contribution < 1.29 is 13.9 Å². The minimum atomic E-state index is -0.289. The summed E-state index contributed by atoms with van der Waals surface area (Å²) in [5.41, 5.74) is 5.14. The van der Waals surface area contributed by atoms with Crippen LogP contribution in [0.5, 0.6) is 0 Å². The van der Waals surface area contributed by atoms with Crippen LogP contribution < -0.4 is 5.32 Å². The van der Waals surface area contributed by atoms with Gasteiger partial charge in [0, 0.05) is 36.6 Å². The topological polar surface area (TPSA) is 59.4 Å². The Morgan fingerprint density at radius 2 is 1.84 bits per heavy atom. The molecule has 31 heavy (non-hydrogen) atoms. The van der Waals surface area contributed by atoms with E-state index in [2.05, 4.69) is 15.3 Å². The largest absolute Gasteiger partial charge is 0.379 e. The quantitative estimate of drug-likeness (QED) is 0.686. The van der Waals surface area contributed by atoms with Crippen LogP contribution in [-0.2, 0) is 24.1 Å². The van der Waals surface area contributed by atoms with E-state index in [9.17, 15) is 9.18 Å². The average molecular weight is 420 g/mol. The number of hydrogen-bond acceptors (Lipinski definition) is 4. The fourth-order valence-electron chi connectivity index (χ4n) is 4.38. The number of fused-ring (bicyclic) bond motifs is 1. The predicted molar refractivity (Wildman–Crippen MR) is 116 cm³/mol. The molecule has 1 N–H and O–H groups in total. The lowest BCUT2D eigenvalue weighted by molar-refractivity contribution is 0.0342. The molecule has 0 atom stereocenters. The number of carbonyl (C=O) groups excluding carboxylic acids is 1. The van der Waals surface area contributed by atoms with Gasteiger partial charge in [-0.3, -0.25) is 9.69 Å². The van der Waals surface area contributed by atoms with Gasteiger partial charge in [0.25, 0.3) is 5.91 Å². The fourth-order valence-corrected chi connectivity index (χ4v) is 4.38. The summed E-state index contributed by atoms with van der Waals surface area (Å²) in [6.45, 7) is 4.01. The highest BCUT2D eigenvalue weighted by Gasteiger charge is 2.27. The Bertz CT molecular complexity index is 1090. The summed E-state index contributed by atoms with van der Waals surface area (Å²) >= 11 is 0. The number of halogens is 1. The maximum atomic E-state index is 13.4. The minimum absolute atomic E-state index is 0.201. The molecule has 6 nitrogen and oxygen atoms in total. The molecule has 1 saturated heterocycles. The molecule has 1 aliphatic carbocycles. The van der Waals surface area contributed by atoms with Crippen LogP contribution in [0.2, 0.25) is 0 Å². The molecule has 3 aromatic rings. The second-order valence-corrected chi connectivity index (χ2v) is 8.02. The van der Waals surface area contributed by atoms with Gasteiger partial charge >= 0.3 is 0 Å². The Labute approximate surface area is 180 Å². The number of ether oxygens (including phenoxy) is 1. The van der Waals surface area contributed by atoms with E-state index in [0.29, 0.717) is 5.69 Å². The molecule has 0 radical (unpaired) electrons. The lowest BCUT2D eigenvalue weighted by Crippen LogP contribution is -2.35. The minimum Gasteiger partial charge on any atom is -0.379 e. The first-order valence-corrected chi connectivity index (χ1v) is 10.7. The lowest BCUT2D eigenvalue weighted by Gasteiger charge is -2.27. The van der Waals surface area contributed by atoms with E-state index in [1.807, 2.05) is 24.3 Å². The van der Waals surface area contributed by atoms with E-state index in [4.69, 9.17) is 4.74 Å². The first-order valence-electron chi connectivity index (χ1n) is 10.7. The average Bonchev–Trinajstić information content (AvgIpc) is 3.39. The molecule has 7 heteroatoms. The first kappa shape index (κ1) is 19.9. The van der Waals surface area contributed by atoms with Gasteiger partial charge in [-0.25, -0.2) is 9.07 Å². The number of amides is 1. The second kappa shape index (κ2) is 8.61. The van der Waals surface area contributed by atoms with E-state index in [1.165, 1.54) is 12.1 Å². The monoisotopic (exact) mass is 420 g/mol. The molecule has 0 unspecified atom stereocenters. The zero-order valence-corrected chi connectivity index (χ0v) is 17.3. The van der Waals surface area contributed by atoms with Crippen molar-refractivity contribution in [3.8, 4) is 5.69 Å². The van der Waals surface area contributed by atoms with Gasteiger partial charge in [0.05, 0.1) is 18.9 Å². The molecule has 0 saturated carbocycles. The van der Waals surface area contributed by atoms with Gasteiger partial charge < -0.3 is 10.1 Å². The number of anilines is 1. The highest BCUT2D eigenvalue weighted by atomic mass is 19.1. The number of hydrogen-bond donors (Lipinski definition) is 1. The summed E-state index contributed by atoms with van der Waals surface area (Å²) in [6.07, 6.45) is 2.68. The fraction of sp³-hybridized carbons (Fsp3) is 0.333. The number of nitrogens with one attached hydrogen (secondary N) is 1. The summed E-state index contributed by atoms with van der Waals surface area (Å²) in [7, 11) is 0. The first-order chi connectivity index (χ1) is 15.2. The van der Waals surface area contributed by atoms with Crippen LogP contribution in [-0.4, -0.2) is 46.9 Å². The Hall–Kier alpha value is -3.03. The molecule has 1 amide bonds. The Balaban J connectivity index is 1.40. The van der Waals surface area contributed by atoms with Crippen LogP contribution in [0.15, 0.2) is 48.5 Å². The van der Waals surface area contributed by atoms with E-state index in [-0.39, 0.29) is 11.7 Å². The molecule has 0 bridgehead atoms.